The van der Waals surface area contributed by atoms with Crippen molar-refractivity contribution < 1.29 is 38.3 Å². The van der Waals surface area contributed by atoms with Crippen LogP contribution in [0.2, 0.25) is 5.02 Å². The minimum atomic E-state index is -0.899. The first kappa shape index (κ1) is 28.6. The van der Waals surface area contributed by atoms with E-state index in [2.05, 4.69) is 17.2 Å². The molecule has 1 aliphatic carbocycles. The number of nitrogens with one attached hydrogen (secondary N) is 1. The third kappa shape index (κ3) is 5.41. The Bertz CT molecular complexity index is 1310. The van der Waals surface area contributed by atoms with Gasteiger partial charge >= 0.3 is 11.9 Å². The summed E-state index contributed by atoms with van der Waals surface area (Å²) in [5.74, 6) is -1.29. The lowest BCUT2D eigenvalue weighted by Gasteiger charge is -2.59. The van der Waals surface area contributed by atoms with E-state index in [0.717, 1.165) is 35.9 Å². The van der Waals surface area contributed by atoms with E-state index in [9.17, 15) is 9.59 Å². The highest BCUT2D eigenvalue weighted by Crippen LogP contribution is 2.60. The lowest BCUT2D eigenvalue weighted by molar-refractivity contribution is -0.576. The standard InChI is InChI=1S/C30H37ClN2O8/c1-17-4-7-22-18(2)27(38-28-30(22)21(17)10-12-29(3,39-28)40-41-30)37-26(35)9-8-25(34)36-15-14-33-23-11-13-32-24-16-19(31)5-6-20(23)24/h5-6,11,13,16-18,21-22,27-28H,4,7-10,12,14-15H2,1-3H3,(H,32,33)/t17-,18-,21+,22+,27-,28-,29-,30-/m1/s1. The molecule has 0 radical (unpaired) electrons. The summed E-state index contributed by atoms with van der Waals surface area (Å²) < 4.78 is 23.7. The molecule has 8 atom stereocenters. The molecule has 5 heterocycles. The third-order valence-electron chi connectivity index (χ3n) is 9.26. The molecule has 2 aromatic rings. The average Bonchev–Trinajstić information content (AvgIpc) is 3.18. The van der Waals surface area contributed by atoms with Crippen molar-refractivity contribution in [2.75, 3.05) is 18.5 Å². The zero-order valence-electron chi connectivity index (χ0n) is 23.6. The van der Waals surface area contributed by atoms with Crippen LogP contribution in [-0.4, -0.2) is 54.0 Å². The minimum absolute atomic E-state index is 0.0508. The van der Waals surface area contributed by atoms with E-state index in [1.54, 1.807) is 18.3 Å². The molecule has 0 amide bonds. The molecule has 4 aliphatic heterocycles. The highest BCUT2D eigenvalue weighted by Gasteiger charge is 2.69. The molecule has 1 aromatic heterocycles. The van der Waals surface area contributed by atoms with Gasteiger partial charge in [0.1, 0.15) is 6.61 Å². The predicted octanol–water partition coefficient (Wildman–Crippen LogP) is 5.37. The lowest BCUT2D eigenvalue weighted by Crippen LogP contribution is -2.70. The van der Waals surface area contributed by atoms with Gasteiger partial charge < -0.3 is 24.3 Å². The summed E-state index contributed by atoms with van der Waals surface area (Å²) in [6.07, 6.45) is 3.61. The van der Waals surface area contributed by atoms with Crippen molar-refractivity contribution in [1.29, 1.82) is 0 Å². The number of fused-ring (bicyclic) bond motifs is 3. The van der Waals surface area contributed by atoms with Gasteiger partial charge in [-0.15, -0.1) is 0 Å². The van der Waals surface area contributed by atoms with Gasteiger partial charge in [0.2, 0.25) is 12.1 Å². The number of benzene rings is 1. The van der Waals surface area contributed by atoms with Crippen molar-refractivity contribution in [2.24, 2.45) is 23.7 Å². The second-order valence-electron chi connectivity index (χ2n) is 11.9. The summed E-state index contributed by atoms with van der Waals surface area (Å²) >= 11 is 6.05. The zero-order valence-corrected chi connectivity index (χ0v) is 24.4. The van der Waals surface area contributed by atoms with Gasteiger partial charge in [-0.3, -0.25) is 14.6 Å². The molecule has 5 fully saturated rings. The van der Waals surface area contributed by atoms with E-state index in [1.807, 2.05) is 26.0 Å². The third-order valence-corrected chi connectivity index (χ3v) is 9.50. The number of nitrogens with zero attached hydrogens (tertiary/aromatic N) is 1. The van der Waals surface area contributed by atoms with Gasteiger partial charge in [-0.1, -0.05) is 25.4 Å². The van der Waals surface area contributed by atoms with Crippen LogP contribution in [0.3, 0.4) is 0 Å². The number of esters is 2. The summed E-state index contributed by atoms with van der Waals surface area (Å²) in [6, 6.07) is 7.33. The molecular formula is C30H37ClN2O8. The summed E-state index contributed by atoms with van der Waals surface area (Å²) in [4.78, 5) is 41.4. The predicted molar refractivity (Wildman–Crippen MR) is 148 cm³/mol. The quantitative estimate of drug-likeness (QED) is 0.245. The smallest absolute Gasteiger partial charge is 0.308 e. The molecule has 1 aromatic carbocycles. The maximum atomic E-state index is 12.8. The fourth-order valence-electron chi connectivity index (χ4n) is 7.10. The van der Waals surface area contributed by atoms with Crippen LogP contribution in [0.4, 0.5) is 5.69 Å². The summed E-state index contributed by atoms with van der Waals surface area (Å²) in [7, 11) is 0. The number of halogens is 1. The van der Waals surface area contributed by atoms with Crippen molar-refractivity contribution in [3.8, 4) is 0 Å². The molecule has 7 rings (SSSR count). The first-order valence-electron chi connectivity index (χ1n) is 14.5. The van der Waals surface area contributed by atoms with Gasteiger partial charge in [0.15, 0.2) is 11.9 Å². The molecule has 1 saturated carbocycles. The Labute approximate surface area is 244 Å². The van der Waals surface area contributed by atoms with Crippen LogP contribution in [0.25, 0.3) is 10.9 Å². The van der Waals surface area contributed by atoms with Gasteiger partial charge in [0.25, 0.3) is 0 Å². The summed E-state index contributed by atoms with van der Waals surface area (Å²) in [5, 5.41) is 4.78. The van der Waals surface area contributed by atoms with Gasteiger partial charge in [-0.05, 0) is 62.3 Å². The number of carbonyl (C=O) groups excluding carboxylic acids is 2. The minimum Gasteiger partial charge on any atom is -0.464 e. The first-order valence-corrected chi connectivity index (χ1v) is 14.9. The van der Waals surface area contributed by atoms with Crippen LogP contribution < -0.4 is 5.32 Å². The topological polar surface area (TPSA) is 114 Å². The Hall–Kier alpha value is -2.50. The van der Waals surface area contributed by atoms with Crippen molar-refractivity contribution >= 4 is 40.1 Å². The number of hydrogen-bond acceptors (Lipinski definition) is 10. The number of pyridine rings is 1. The van der Waals surface area contributed by atoms with E-state index in [0.29, 0.717) is 23.9 Å². The van der Waals surface area contributed by atoms with Crippen molar-refractivity contribution in [1.82, 2.24) is 4.98 Å². The molecule has 5 aliphatic rings. The fraction of sp³-hybridized carbons (Fsp3) is 0.633. The van der Waals surface area contributed by atoms with Gasteiger partial charge in [0.05, 0.1) is 18.4 Å². The van der Waals surface area contributed by atoms with Gasteiger partial charge in [-0.2, -0.15) is 0 Å². The SMILES string of the molecule is C[C@H]1[C@H](OC(=O)CCC(=O)OCCNc2ccnc3cc(Cl)ccc23)O[C@@H]2O[C@@]3(C)CC[C@H]4[C@H](C)CC[C@@H]1[C@@]24OO3. The Kier molecular flexibility index (Phi) is 7.88. The van der Waals surface area contributed by atoms with E-state index in [1.165, 1.54) is 0 Å². The Morgan fingerprint density at radius 1 is 1.10 bits per heavy atom. The zero-order chi connectivity index (χ0) is 28.8. The molecule has 1 spiro atoms. The molecule has 41 heavy (non-hydrogen) atoms. The van der Waals surface area contributed by atoms with Crippen LogP contribution in [0.5, 0.6) is 0 Å². The lowest BCUT2D eigenvalue weighted by atomic mass is 9.58. The molecule has 11 heteroatoms. The van der Waals surface area contributed by atoms with E-state index < -0.39 is 35.9 Å². The fourth-order valence-corrected chi connectivity index (χ4v) is 7.26. The molecular weight excluding hydrogens is 552 g/mol. The van der Waals surface area contributed by atoms with E-state index in [-0.39, 0.29) is 37.2 Å². The maximum absolute atomic E-state index is 12.8. The number of hydrogen-bond donors (Lipinski definition) is 1. The summed E-state index contributed by atoms with van der Waals surface area (Å²) in [6.45, 7) is 6.68. The van der Waals surface area contributed by atoms with Crippen LogP contribution in [0.1, 0.15) is 59.3 Å². The summed E-state index contributed by atoms with van der Waals surface area (Å²) in [5.41, 5.74) is 0.921. The van der Waals surface area contributed by atoms with Crippen molar-refractivity contribution in [2.45, 2.75) is 83.3 Å². The number of anilines is 1. The largest absolute Gasteiger partial charge is 0.464 e. The van der Waals surface area contributed by atoms with Crippen LogP contribution in [-0.2, 0) is 38.3 Å². The van der Waals surface area contributed by atoms with E-state index >= 15 is 0 Å². The average molecular weight is 589 g/mol. The van der Waals surface area contributed by atoms with Crippen LogP contribution in [0, 0.1) is 23.7 Å². The Morgan fingerprint density at radius 2 is 1.93 bits per heavy atom. The molecule has 2 bridgehead atoms. The van der Waals surface area contributed by atoms with Crippen LogP contribution in [0.15, 0.2) is 30.5 Å². The van der Waals surface area contributed by atoms with Crippen molar-refractivity contribution in [3.05, 3.63) is 35.5 Å². The normalized spacial score (nSPS) is 35.8. The second kappa shape index (κ2) is 11.3. The highest BCUT2D eigenvalue weighted by atomic mass is 35.5. The monoisotopic (exact) mass is 588 g/mol. The van der Waals surface area contributed by atoms with E-state index in [4.69, 9.17) is 40.3 Å². The van der Waals surface area contributed by atoms with Crippen LogP contribution >= 0.6 is 11.6 Å². The number of ether oxygens (including phenoxy) is 4. The molecule has 4 saturated heterocycles. The molecule has 10 nitrogen and oxygen atoms in total. The molecule has 1 N–H and O–H groups in total. The molecule has 222 valence electrons. The van der Waals surface area contributed by atoms with Gasteiger partial charge in [-0.25, -0.2) is 9.78 Å². The number of carbonyl (C=O) groups is 2. The Balaban J connectivity index is 0.988. The first-order chi connectivity index (χ1) is 19.7. The second-order valence-corrected chi connectivity index (χ2v) is 12.4. The highest BCUT2D eigenvalue weighted by molar-refractivity contribution is 6.31. The molecule has 0 unspecified atom stereocenters. The Morgan fingerprint density at radius 3 is 2.78 bits per heavy atom. The maximum Gasteiger partial charge on any atom is 0.308 e. The number of aromatic nitrogens is 1. The van der Waals surface area contributed by atoms with Crippen molar-refractivity contribution in [3.63, 3.8) is 0 Å². The van der Waals surface area contributed by atoms with Gasteiger partial charge in [0, 0.05) is 47.1 Å². The number of rotatable bonds is 8.